The molecule has 0 spiro atoms. The summed E-state index contributed by atoms with van der Waals surface area (Å²) < 4.78 is 0. The van der Waals surface area contributed by atoms with Gasteiger partial charge in [0.2, 0.25) is 0 Å². The topological polar surface area (TPSA) is 47.6 Å². The summed E-state index contributed by atoms with van der Waals surface area (Å²) in [4.78, 5) is 0. The predicted molar refractivity (Wildman–Crippen MR) is 69.7 cm³/mol. The van der Waals surface area contributed by atoms with Crippen molar-refractivity contribution in [3.05, 3.63) is 54.6 Å². The van der Waals surface area contributed by atoms with Gasteiger partial charge in [-0.3, -0.25) is 0 Å². The van der Waals surface area contributed by atoms with E-state index in [4.69, 9.17) is 10.5 Å². The highest BCUT2D eigenvalue weighted by atomic mass is 31.1. The fourth-order valence-electron chi connectivity index (χ4n) is 1.66. The first-order chi connectivity index (χ1) is 8.36. The summed E-state index contributed by atoms with van der Waals surface area (Å²) in [6.07, 6.45) is 0. The Bertz CT molecular complexity index is 580. The second kappa shape index (κ2) is 5.26. The summed E-state index contributed by atoms with van der Waals surface area (Å²) in [5.41, 5.74) is 2.02. The molecule has 0 aliphatic heterocycles. The quantitative estimate of drug-likeness (QED) is 0.750. The van der Waals surface area contributed by atoms with Crippen LogP contribution in [0.25, 0.3) is 11.1 Å². The zero-order valence-corrected chi connectivity index (χ0v) is 9.93. The highest BCUT2D eigenvalue weighted by molar-refractivity contribution is 7.75. The fourth-order valence-corrected chi connectivity index (χ4v) is 2.60. The van der Waals surface area contributed by atoms with Crippen molar-refractivity contribution in [2.45, 2.75) is 0 Å². The maximum absolute atomic E-state index is 9.01. The van der Waals surface area contributed by atoms with Gasteiger partial charge in [0, 0.05) is 5.30 Å². The number of benzene rings is 2. The van der Waals surface area contributed by atoms with E-state index < -0.39 is 7.92 Å². The smallest absolute Gasteiger partial charge is 0.142 e. The van der Waals surface area contributed by atoms with Crippen molar-refractivity contribution in [3.63, 3.8) is 0 Å². The van der Waals surface area contributed by atoms with Crippen LogP contribution in [-0.2, 0) is 0 Å². The Kier molecular flexibility index (Phi) is 3.51. The molecule has 0 saturated heterocycles. The van der Waals surface area contributed by atoms with Crippen LogP contribution in [0, 0.1) is 22.1 Å². The number of nitrogens with zero attached hydrogens (tertiary/aromatic N) is 2. The average Bonchev–Trinajstić information content (AvgIpc) is 2.42. The third-order valence-corrected chi connectivity index (χ3v) is 3.70. The van der Waals surface area contributed by atoms with Gasteiger partial charge >= 0.3 is 0 Å². The normalized spacial score (nSPS) is 9.59. The molecule has 0 aliphatic carbocycles. The van der Waals surface area contributed by atoms with Crippen LogP contribution in [0.3, 0.4) is 0 Å². The molecule has 0 fully saturated rings. The largest absolute Gasteiger partial charge is 0.192 e. The predicted octanol–water partition coefficient (Wildman–Crippen LogP) is 3.42. The van der Waals surface area contributed by atoms with Crippen molar-refractivity contribution in [1.82, 2.24) is 0 Å². The summed E-state index contributed by atoms with van der Waals surface area (Å²) in [7, 11) is -1.38. The van der Waals surface area contributed by atoms with E-state index in [0.717, 1.165) is 16.4 Å². The molecule has 0 heterocycles. The molecular formula is C14H9N2P. The lowest BCUT2D eigenvalue weighted by Crippen LogP contribution is -2.02. The van der Waals surface area contributed by atoms with Crippen molar-refractivity contribution in [2.24, 2.45) is 0 Å². The molecule has 0 radical (unpaired) electrons. The minimum absolute atomic E-state index is 0.832. The van der Waals surface area contributed by atoms with Crippen LogP contribution in [0.5, 0.6) is 0 Å². The van der Waals surface area contributed by atoms with E-state index in [-0.39, 0.29) is 0 Å². The zero-order chi connectivity index (χ0) is 12.1. The van der Waals surface area contributed by atoms with Gasteiger partial charge in [-0.1, -0.05) is 54.6 Å². The standard InChI is InChI=1S/C14H9N2P/c15-10-17(11-16)14-9-5-4-8-13(14)12-6-2-1-3-7-12/h1-9H. The molecule has 0 N–H and O–H groups in total. The van der Waals surface area contributed by atoms with Crippen LogP contribution in [-0.4, -0.2) is 0 Å². The Morgan fingerprint density at radius 2 is 1.35 bits per heavy atom. The highest BCUT2D eigenvalue weighted by Gasteiger charge is 2.14. The average molecular weight is 236 g/mol. The first kappa shape index (κ1) is 11.3. The molecule has 0 aromatic heterocycles. The van der Waals surface area contributed by atoms with E-state index in [1.165, 1.54) is 0 Å². The van der Waals surface area contributed by atoms with Crippen molar-refractivity contribution < 1.29 is 0 Å². The molecule has 0 saturated carbocycles. The second-order valence-corrected chi connectivity index (χ2v) is 4.97. The van der Waals surface area contributed by atoms with E-state index in [1.807, 2.05) is 54.6 Å². The first-order valence-electron chi connectivity index (χ1n) is 5.11. The van der Waals surface area contributed by atoms with Gasteiger partial charge in [0.15, 0.2) is 0 Å². The Labute approximate surface area is 102 Å². The van der Waals surface area contributed by atoms with Gasteiger partial charge in [0.1, 0.15) is 19.5 Å². The highest BCUT2D eigenvalue weighted by Crippen LogP contribution is 2.35. The van der Waals surface area contributed by atoms with Gasteiger partial charge in [0.05, 0.1) is 0 Å². The third kappa shape index (κ3) is 2.34. The SMILES string of the molecule is N#CP(C#N)c1ccccc1-c1ccccc1. The van der Waals surface area contributed by atoms with Crippen molar-refractivity contribution in [2.75, 3.05) is 0 Å². The number of nitriles is 2. The van der Waals surface area contributed by atoms with E-state index >= 15 is 0 Å². The molecule has 0 aliphatic rings. The lowest BCUT2D eigenvalue weighted by molar-refractivity contribution is 1.55. The van der Waals surface area contributed by atoms with Gasteiger partial charge in [-0.2, -0.15) is 10.5 Å². The van der Waals surface area contributed by atoms with E-state index in [9.17, 15) is 0 Å². The molecule has 2 nitrogen and oxygen atoms in total. The molecule has 80 valence electrons. The summed E-state index contributed by atoms with van der Waals surface area (Å²) in [6, 6.07) is 17.4. The van der Waals surface area contributed by atoms with Gasteiger partial charge in [-0.15, -0.1) is 0 Å². The summed E-state index contributed by atoms with van der Waals surface area (Å²) in [5.74, 6) is 4.16. The van der Waals surface area contributed by atoms with Crippen molar-refractivity contribution >= 4 is 13.2 Å². The van der Waals surface area contributed by atoms with Gasteiger partial charge in [0.25, 0.3) is 0 Å². The molecule has 2 aromatic carbocycles. The van der Waals surface area contributed by atoms with E-state index in [0.29, 0.717) is 0 Å². The molecule has 17 heavy (non-hydrogen) atoms. The summed E-state index contributed by atoms with van der Waals surface area (Å²) >= 11 is 0. The minimum atomic E-state index is -1.38. The van der Waals surface area contributed by atoms with Crippen LogP contribution >= 0.6 is 7.92 Å². The Hall–Kier alpha value is -2.15. The summed E-state index contributed by atoms with van der Waals surface area (Å²) in [6.45, 7) is 0. The Morgan fingerprint density at radius 3 is 2.00 bits per heavy atom. The van der Waals surface area contributed by atoms with Gasteiger partial charge < -0.3 is 0 Å². The molecule has 0 atom stereocenters. The van der Waals surface area contributed by atoms with Crippen LogP contribution in [0.1, 0.15) is 0 Å². The van der Waals surface area contributed by atoms with Gasteiger partial charge in [-0.25, -0.2) is 0 Å². The molecule has 3 heteroatoms. The molecule has 0 bridgehead atoms. The van der Waals surface area contributed by atoms with E-state index in [1.54, 1.807) is 0 Å². The minimum Gasteiger partial charge on any atom is -0.192 e. The molecular weight excluding hydrogens is 227 g/mol. The monoisotopic (exact) mass is 236 g/mol. The third-order valence-electron chi connectivity index (χ3n) is 2.43. The van der Waals surface area contributed by atoms with Crippen molar-refractivity contribution in [3.8, 4) is 22.7 Å². The lowest BCUT2D eigenvalue weighted by Gasteiger charge is -2.08. The molecule has 0 unspecified atom stereocenters. The number of rotatable bonds is 2. The number of hydrogen-bond acceptors (Lipinski definition) is 2. The Balaban J connectivity index is 2.57. The van der Waals surface area contributed by atoms with Crippen LogP contribution < -0.4 is 5.30 Å². The Morgan fingerprint density at radius 1 is 0.765 bits per heavy atom. The van der Waals surface area contributed by atoms with E-state index in [2.05, 4.69) is 11.6 Å². The maximum Gasteiger partial charge on any atom is 0.142 e. The molecule has 2 rings (SSSR count). The first-order valence-corrected chi connectivity index (χ1v) is 6.45. The lowest BCUT2D eigenvalue weighted by atomic mass is 10.1. The van der Waals surface area contributed by atoms with Crippen LogP contribution in [0.2, 0.25) is 0 Å². The molecule has 0 amide bonds. The second-order valence-electron chi connectivity index (χ2n) is 3.42. The zero-order valence-electron chi connectivity index (χ0n) is 9.04. The van der Waals surface area contributed by atoms with Crippen LogP contribution in [0.4, 0.5) is 0 Å². The molecule has 2 aromatic rings. The van der Waals surface area contributed by atoms with Crippen LogP contribution in [0.15, 0.2) is 54.6 Å². The maximum atomic E-state index is 9.01. The number of hydrogen-bond donors (Lipinski definition) is 0. The van der Waals surface area contributed by atoms with Crippen molar-refractivity contribution in [1.29, 1.82) is 10.5 Å². The summed E-state index contributed by atoms with van der Waals surface area (Å²) in [5, 5.41) is 18.8. The van der Waals surface area contributed by atoms with Gasteiger partial charge in [-0.05, 0) is 11.1 Å². The fraction of sp³-hybridized carbons (Fsp3) is 0.